The Morgan fingerprint density at radius 2 is 2.29 bits per heavy atom. The second-order valence-electron chi connectivity index (χ2n) is 2.39. The number of nitrogens with zero attached hydrogens (tertiary/aromatic N) is 1. The van der Waals surface area contributed by atoms with Gasteiger partial charge in [-0.05, 0) is 28.1 Å². The zero-order valence-electron chi connectivity index (χ0n) is 7.17. The summed E-state index contributed by atoms with van der Waals surface area (Å²) in [5.41, 5.74) is -0.444. The number of nitriles is 1. The highest BCUT2D eigenvalue weighted by atomic mass is 79.9. The number of hydrogen-bond donors (Lipinski definition) is 0. The van der Waals surface area contributed by atoms with Crippen LogP contribution in [0.15, 0.2) is 16.6 Å². The number of esters is 1. The van der Waals surface area contributed by atoms with Gasteiger partial charge < -0.3 is 4.74 Å². The van der Waals surface area contributed by atoms with Gasteiger partial charge in [-0.2, -0.15) is 5.26 Å². The van der Waals surface area contributed by atoms with Gasteiger partial charge in [0.05, 0.1) is 12.7 Å². The van der Waals surface area contributed by atoms with Crippen LogP contribution in [0.4, 0.5) is 4.39 Å². The number of carbonyl (C=O) groups excluding carboxylic acids is 1. The number of halogens is 2. The maximum absolute atomic E-state index is 13.4. The van der Waals surface area contributed by atoms with Crippen molar-refractivity contribution in [1.82, 2.24) is 0 Å². The van der Waals surface area contributed by atoms with Crippen LogP contribution in [-0.4, -0.2) is 13.1 Å². The molecule has 0 atom stereocenters. The molecule has 0 radical (unpaired) electrons. The van der Waals surface area contributed by atoms with E-state index in [1.807, 2.05) is 0 Å². The average molecular weight is 258 g/mol. The maximum atomic E-state index is 13.4. The monoisotopic (exact) mass is 257 g/mol. The van der Waals surface area contributed by atoms with Crippen molar-refractivity contribution in [2.75, 3.05) is 7.11 Å². The van der Waals surface area contributed by atoms with Gasteiger partial charge in [0.2, 0.25) is 0 Å². The highest BCUT2D eigenvalue weighted by Crippen LogP contribution is 2.22. The van der Waals surface area contributed by atoms with Crippen molar-refractivity contribution >= 4 is 21.9 Å². The molecule has 72 valence electrons. The lowest BCUT2D eigenvalue weighted by Crippen LogP contribution is -2.06. The largest absolute Gasteiger partial charge is 0.465 e. The maximum Gasteiger partial charge on any atom is 0.340 e. The molecule has 1 aromatic rings. The summed E-state index contributed by atoms with van der Waals surface area (Å²) in [5, 5.41) is 8.61. The normalized spacial score (nSPS) is 9.29. The summed E-state index contributed by atoms with van der Waals surface area (Å²) >= 11 is 3.00. The molecule has 0 saturated carbocycles. The van der Waals surface area contributed by atoms with Crippen molar-refractivity contribution in [3.8, 4) is 6.07 Å². The van der Waals surface area contributed by atoms with Gasteiger partial charge in [-0.3, -0.25) is 0 Å². The molecular weight excluding hydrogens is 253 g/mol. The summed E-state index contributed by atoms with van der Waals surface area (Å²) in [6.45, 7) is 0. The van der Waals surface area contributed by atoms with E-state index in [0.29, 0.717) is 4.47 Å². The number of rotatable bonds is 1. The second kappa shape index (κ2) is 4.20. The molecule has 0 aromatic heterocycles. The van der Waals surface area contributed by atoms with Crippen LogP contribution in [-0.2, 0) is 4.74 Å². The quantitative estimate of drug-likeness (QED) is 0.726. The topological polar surface area (TPSA) is 50.1 Å². The molecule has 0 aliphatic carbocycles. The summed E-state index contributed by atoms with van der Waals surface area (Å²) in [6, 6.07) is 4.33. The van der Waals surface area contributed by atoms with Crippen molar-refractivity contribution in [2.45, 2.75) is 0 Å². The summed E-state index contributed by atoms with van der Waals surface area (Å²) < 4.78 is 18.1. The molecule has 0 amide bonds. The summed E-state index contributed by atoms with van der Waals surface area (Å²) in [6.07, 6.45) is 0. The van der Waals surface area contributed by atoms with E-state index in [9.17, 15) is 9.18 Å². The SMILES string of the molecule is COC(=O)c1ccc(Br)c(C#N)c1F. The van der Waals surface area contributed by atoms with Gasteiger partial charge in [-0.15, -0.1) is 0 Å². The number of benzene rings is 1. The first kappa shape index (κ1) is 10.7. The van der Waals surface area contributed by atoms with Gasteiger partial charge in [0, 0.05) is 4.47 Å². The Bertz CT molecular complexity index is 426. The molecule has 0 N–H and O–H groups in total. The molecular formula is C9H5BrFNO2. The number of hydrogen-bond acceptors (Lipinski definition) is 3. The van der Waals surface area contributed by atoms with Gasteiger partial charge >= 0.3 is 5.97 Å². The Balaban J connectivity index is 3.37. The van der Waals surface area contributed by atoms with E-state index in [-0.39, 0.29) is 11.1 Å². The van der Waals surface area contributed by atoms with Crippen LogP contribution in [0.1, 0.15) is 15.9 Å². The smallest absolute Gasteiger partial charge is 0.340 e. The van der Waals surface area contributed by atoms with Crippen LogP contribution in [0, 0.1) is 17.1 Å². The van der Waals surface area contributed by atoms with Crippen molar-refractivity contribution in [1.29, 1.82) is 5.26 Å². The van der Waals surface area contributed by atoms with Crippen LogP contribution in [0.2, 0.25) is 0 Å². The molecule has 0 aliphatic rings. The first-order valence-corrected chi connectivity index (χ1v) is 4.37. The zero-order chi connectivity index (χ0) is 10.7. The summed E-state index contributed by atoms with van der Waals surface area (Å²) in [5.74, 6) is -1.67. The summed E-state index contributed by atoms with van der Waals surface area (Å²) in [7, 11) is 1.15. The molecule has 1 aromatic carbocycles. The zero-order valence-corrected chi connectivity index (χ0v) is 8.76. The third kappa shape index (κ3) is 1.75. The molecule has 0 saturated heterocycles. The van der Waals surface area contributed by atoms with E-state index >= 15 is 0 Å². The lowest BCUT2D eigenvalue weighted by atomic mass is 10.1. The molecule has 5 heteroatoms. The standard InChI is InChI=1S/C9H5BrFNO2/c1-14-9(13)5-2-3-7(10)6(4-12)8(5)11/h2-3H,1H3. The highest BCUT2D eigenvalue weighted by Gasteiger charge is 2.17. The molecule has 0 unspecified atom stereocenters. The lowest BCUT2D eigenvalue weighted by Gasteiger charge is -2.03. The molecule has 0 spiro atoms. The van der Waals surface area contributed by atoms with Crippen LogP contribution in [0.25, 0.3) is 0 Å². The van der Waals surface area contributed by atoms with E-state index in [0.717, 1.165) is 7.11 Å². The van der Waals surface area contributed by atoms with E-state index < -0.39 is 11.8 Å². The molecule has 14 heavy (non-hydrogen) atoms. The van der Waals surface area contributed by atoms with Gasteiger partial charge in [0.25, 0.3) is 0 Å². The fraction of sp³-hybridized carbons (Fsp3) is 0.111. The second-order valence-corrected chi connectivity index (χ2v) is 3.24. The van der Waals surface area contributed by atoms with Crippen LogP contribution in [0.5, 0.6) is 0 Å². The Labute approximate surface area is 88.2 Å². The van der Waals surface area contributed by atoms with E-state index in [1.165, 1.54) is 12.1 Å². The van der Waals surface area contributed by atoms with Crippen LogP contribution < -0.4 is 0 Å². The highest BCUT2D eigenvalue weighted by molar-refractivity contribution is 9.10. The third-order valence-corrected chi connectivity index (χ3v) is 2.27. The minimum Gasteiger partial charge on any atom is -0.465 e. The van der Waals surface area contributed by atoms with E-state index in [1.54, 1.807) is 6.07 Å². The number of carbonyl (C=O) groups is 1. The predicted octanol–water partition coefficient (Wildman–Crippen LogP) is 2.25. The minimum atomic E-state index is -0.867. The van der Waals surface area contributed by atoms with Crippen LogP contribution in [0.3, 0.4) is 0 Å². The molecule has 0 bridgehead atoms. The Hall–Kier alpha value is -1.41. The Morgan fingerprint density at radius 1 is 1.64 bits per heavy atom. The van der Waals surface area contributed by atoms with Gasteiger partial charge in [-0.1, -0.05) is 0 Å². The molecule has 0 fully saturated rings. The first-order valence-electron chi connectivity index (χ1n) is 3.58. The molecule has 3 nitrogen and oxygen atoms in total. The van der Waals surface area contributed by atoms with Gasteiger partial charge in [0.15, 0.2) is 5.82 Å². The molecule has 1 rings (SSSR count). The van der Waals surface area contributed by atoms with Crippen molar-refractivity contribution in [3.05, 3.63) is 33.5 Å². The van der Waals surface area contributed by atoms with Gasteiger partial charge in [0.1, 0.15) is 11.6 Å². The Kier molecular flexibility index (Phi) is 3.20. The van der Waals surface area contributed by atoms with E-state index in [2.05, 4.69) is 20.7 Å². The molecule has 0 heterocycles. The minimum absolute atomic E-state index is 0.201. The predicted molar refractivity (Wildman–Crippen MR) is 50.2 cm³/mol. The van der Waals surface area contributed by atoms with E-state index in [4.69, 9.17) is 5.26 Å². The fourth-order valence-corrected chi connectivity index (χ4v) is 1.32. The van der Waals surface area contributed by atoms with Crippen molar-refractivity contribution < 1.29 is 13.9 Å². The molecule has 0 aliphatic heterocycles. The summed E-state index contributed by atoms with van der Waals surface area (Å²) in [4.78, 5) is 11.0. The third-order valence-electron chi connectivity index (χ3n) is 1.61. The van der Waals surface area contributed by atoms with Gasteiger partial charge in [-0.25, -0.2) is 9.18 Å². The lowest BCUT2D eigenvalue weighted by molar-refractivity contribution is 0.0595. The Morgan fingerprint density at radius 3 is 2.79 bits per heavy atom. The first-order chi connectivity index (χ1) is 6.61. The number of methoxy groups -OCH3 is 1. The average Bonchev–Trinajstić information content (AvgIpc) is 2.18. The van der Waals surface area contributed by atoms with Crippen molar-refractivity contribution in [2.24, 2.45) is 0 Å². The van der Waals surface area contributed by atoms with Crippen LogP contribution >= 0.6 is 15.9 Å². The van der Waals surface area contributed by atoms with Crippen molar-refractivity contribution in [3.63, 3.8) is 0 Å². The number of ether oxygens (including phenoxy) is 1. The fourth-order valence-electron chi connectivity index (χ4n) is 0.923.